The van der Waals surface area contributed by atoms with Gasteiger partial charge < -0.3 is 0 Å². The molecule has 4 heteroatoms. The van der Waals surface area contributed by atoms with Crippen LogP contribution in [0.2, 0.25) is 0 Å². The van der Waals surface area contributed by atoms with E-state index in [4.69, 9.17) is 0 Å². The molecule has 0 spiro atoms. The van der Waals surface area contributed by atoms with E-state index in [1.165, 1.54) is 4.90 Å². The van der Waals surface area contributed by atoms with Gasteiger partial charge in [-0.05, 0) is 49.9 Å². The van der Waals surface area contributed by atoms with E-state index in [1.54, 1.807) is 0 Å². The third-order valence-corrected chi connectivity index (χ3v) is 4.73. The van der Waals surface area contributed by atoms with Crippen molar-refractivity contribution in [2.24, 2.45) is 11.8 Å². The molecule has 2 fully saturated rings. The zero-order valence-electron chi connectivity index (χ0n) is 11.1. The van der Waals surface area contributed by atoms with Gasteiger partial charge in [0, 0.05) is 4.47 Å². The fourth-order valence-electron chi connectivity index (χ4n) is 3.47. The highest BCUT2D eigenvalue weighted by atomic mass is 79.9. The molecule has 1 aliphatic carbocycles. The highest BCUT2D eigenvalue weighted by molar-refractivity contribution is 9.10. The van der Waals surface area contributed by atoms with Gasteiger partial charge in [-0.2, -0.15) is 0 Å². The Balaban J connectivity index is 2.08. The van der Waals surface area contributed by atoms with Crippen LogP contribution >= 0.6 is 15.9 Å². The third kappa shape index (κ3) is 1.84. The van der Waals surface area contributed by atoms with Crippen LogP contribution < -0.4 is 4.90 Å². The van der Waals surface area contributed by atoms with Gasteiger partial charge in [0.05, 0.1) is 17.5 Å². The fourth-order valence-corrected chi connectivity index (χ4v) is 4.15. The van der Waals surface area contributed by atoms with Gasteiger partial charge in [-0.15, -0.1) is 0 Å². The lowest BCUT2D eigenvalue weighted by Gasteiger charge is -2.21. The summed E-state index contributed by atoms with van der Waals surface area (Å²) in [6.45, 7) is 3.89. The summed E-state index contributed by atoms with van der Waals surface area (Å²) in [6, 6.07) is 3.91. The second-order valence-electron chi connectivity index (χ2n) is 5.54. The van der Waals surface area contributed by atoms with E-state index >= 15 is 0 Å². The summed E-state index contributed by atoms with van der Waals surface area (Å²) < 4.78 is 0.977. The smallest absolute Gasteiger partial charge is 0.237 e. The molecule has 0 radical (unpaired) electrons. The summed E-state index contributed by atoms with van der Waals surface area (Å²) in [5, 5.41) is 0. The molecule has 2 aliphatic rings. The van der Waals surface area contributed by atoms with E-state index < -0.39 is 0 Å². The van der Waals surface area contributed by atoms with Gasteiger partial charge in [-0.3, -0.25) is 9.59 Å². The predicted molar refractivity (Wildman–Crippen MR) is 76.9 cm³/mol. The second-order valence-corrected chi connectivity index (χ2v) is 6.46. The number of anilines is 1. The van der Waals surface area contributed by atoms with Crippen LogP contribution in [0.15, 0.2) is 16.6 Å². The van der Waals surface area contributed by atoms with Gasteiger partial charge in [-0.1, -0.05) is 22.4 Å². The largest absolute Gasteiger partial charge is 0.274 e. The molecule has 0 aromatic heterocycles. The lowest BCUT2D eigenvalue weighted by molar-refractivity contribution is -0.122. The Kier molecular flexibility index (Phi) is 3.01. The van der Waals surface area contributed by atoms with Crippen LogP contribution in [0.4, 0.5) is 5.69 Å². The van der Waals surface area contributed by atoms with Crippen molar-refractivity contribution in [3.05, 3.63) is 27.7 Å². The van der Waals surface area contributed by atoms with E-state index in [0.29, 0.717) is 0 Å². The van der Waals surface area contributed by atoms with E-state index in [1.807, 2.05) is 26.0 Å². The van der Waals surface area contributed by atoms with Crippen LogP contribution in [-0.2, 0) is 9.59 Å². The SMILES string of the molecule is Cc1cc(Br)cc(C)c1N1C(=O)C2CCCC2C1=O. The molecule has 3 rings (SSSR count). The first-order valence-electron chi connectivity index (χ1n) is 6.65. The third-order valence-electron chi connectivity index (χ3n) is 4.27. The van der Waals surface area contributed by atoms with Crippen molar-refractivity contribution in [3.63, 3.8) is 0 Å². The summed E-state index contributed by atoms with van der Waals surface area (Å²) in [6.07, 6.45) is 2.72. The molecule has 2 amide bonds. The molecular formula is C15H16BrNO2. The van der Waals surface area contributed by atoms with Gasteiger partial charge in [0.1, 0.15) is 0 Å². The summed E-state index contributed by atoms with van der Waals surface area (Å²) in [4.78, 5) is 26.4. The summed E-state index contributed by atoms with van der Waals surface area (Å²) in [7, 11) is 0. The van der Waals surface area contributed by atoms with Crippen LogP contribution in [-0.4, -0.2) is 11.8 Å². The molecule has 2 atom stereocenters. The Morgan fingerprint density at radius 1 is 1.05 bits per heavy atom. The maximum absolute atomic E-state index is 12.5. The first kappa shape index (κ1) is 12.9. The number of amides is 2. The monoisotopic (exact) mass is 321 g/mol. The number of halogens is 1. The van der Waals surface area contributed by atoms with Crippen molar-refractivity contribution in [1.82, 2.24) is 0 Å². The molecule has 1 saturated carbocycles. The van der Waals surface area contributed by atoms with Crippen LogP contribution in [0.5, 0.6) is 0 Å². The molecule has 1 aromatic carbocycles. The van der Waals surface area contributed by atoms with E-state index in [2.05, 4.69) is 15.9 Å². The van der Waals surface area contributed by atoms with E-state index in [0.717, 1.165) is 40.5 Å². The minimum Gasteiger partial charge on any atom is -0.274 e. The first-order valence-corrected chi connectivity index (χ1v) is 7.44. The number of hydrogen-bond acceptors (Lipinski definition) is 2. The van der Waals surface area contributed by atoms with E-state index in [9.17, 15) is 9.59 Å². The van der Waals surface area contributed by atoms with Gasteiger partial charge in [0.25, 0.3) is 0 Å². The fraction of sp³-hybridized carbons (Fsp3) is 0.467. The number of carbonyl (C=O) groups is 2. The van der Waals surface area contributed by atoms with Crippen LogP contribution in [0.3, 0.4) is 0 Å². The maximum atomic E-state index is 12.5. The zero-order valence-corrected chi connectivity index (χ0v) is 12.7. The molecule has 1 aromatic rings. The lowest BCUT2D eigenvalue weighted by Crippen LogP contribution is -2.32. The minimum atomic E-state index is -0.0741. The normalized spacial score (nSPS) is 26.2. The topological polar surface area (TPSA) is 37.4 Å². The van der Waals surface area contributed by atoms with Crippen molar-refractivity contribution in [1.29, 1.82) is 0 Å². The predicted octanol–water partition coefficient (Wildman–Crippen LogP) is 3.36. The Morgan fingerprint density at radius 3 is 2.00 bits per heavy atom. The molecule has 3 nitrogen and oxygen atoms in total. The molecule has 0 N–H and O–H groups in total. The lowest BCUT2D eigenvalue weighted by atomic mass is 10.00. The number of fused-ring (bicyclic) bond motifs is 1. The van der Waals surface area contributed by atoms with Crippen molar-refractivity contribution in [2.75, 3.05) is 4.90 Å². The Hall–Kier alpha value is -1.16. The summed E-state index contributed by atoms with van der Waals surface area (Å²) in [5.41, 5.74) is 2.72. The van der Waals surface area contributed by atoms with Gasteiger partial charge in [0.15, 0.2) is 0 Å². The number of hydrogen-bond donors (Lipinski definition) is 0. The molecule has 1 saturated heterocycles. The minimum absolute atomic E-state index is 0.000947. The highest BCUT2D eigenvalue weighted by Gasteiger charge is 2.50. The van der Waals surface area contributed by atoms with Gasteiger partial charge in [-0.25, -0.2) is 4.90 Å². The number of imide groups is 1. The molecule has 2 unspecified atom stereocenters. The first-order chi connectivity index (χ1) is 9.00. The number of carbonyl (C=O) groups excluding carboxylic acids is 2. The van der Waals surface area contributed by atoms with Crippen LogP contribution in [0.1, 0.15) is 30.4 Å². The highest BCUT2D eigenvalue weighted by Crippen LogP contribution is 2.43. The standard InChI is InChI=1S/C15H16BrNO2/c1-8-6-10(16)7-9(2)13(8)17-14(18)11-4-3-5-12(11)15(17)19/h6-7,11-12H,3-5H2,1-2H3. The van der Waals surface area contributed by atoms with E-state index in [-0.39, 0.29) is 23.7 Å². The molecule has 19 heavy (non-hydrogen) atoms. The number of aryl methyl sites for hydroxylation is 2. The average molecular weight is 322 g/mol. The zero-order chi connectivity index (χ0) is 13.7. The molecule has 1 aliphatic heterocycles. The maximum Gasteiger partial charge on any atom is 0.237 e. The Labute approximate surface area is 121 Å². The molecule has 1 heterocycles. The summed E-state index contributed by atoms with van der Waals surface area (Å²) in [5.74, 6) is -0.146. The van der Waals surface area contributed by atoms with Crippen molar-refractivity contribution >= 4 is 33.4 Å². The number of benzene rings is 1. The number of nitrogens with zero attached hydrogens (tertiary/aromatic N) is 1. The number of rotatable bonds is 1. The van der Waals surface area contributed by atoms with Gasteiger partial charge in [0.2, 0.25) is 11.8 Å². The Morgan fingerprint density at radius 2 is 1.53 bits per heavy atom. The molecule has 0 bridgehead atoms. The van der Waals surface area contributed by atoms with Crippen molar-refractivity contribution in [2.45, 2.75) is 33.1 Å². The van der Waals surface area contributed by atoms with Gasteiger partial charge >= 0.3 is 0 Å². The molecular weight excluding hydrogens is 306 g/mol. The van der Waals surface area contributed by atoms with Crippen LogP contribution in [0, 0.1) is 25.7 Å². The second kappa shape index (κ2) is 4.44. The molecule has 100 valence electrons. The van der Waals surface area contributed by atoms with Crippen molar-refractivity contribution < 1.29 is 9.59 Å². The van der Waals surface area contributed by atoms with Crippen LogP contribution in [0.25, 0.3) is 0 Å². The van der Waals surface area contributed by atoms with Crippen molar-refractivity contribution in [3.8, 4) is 0 Å². The quantitative estimate of drug-likeness (QED) is 0.744. The summed E-state index contributed by atoms with van der Waals surface area (Å²) >= 11 is 3.45. The average Bonchev–Trinajstić information content (AvgIpc) is 2.87. The Bertz CT molecular complexity index is 537.